The van der Waals surface area contributed by atoms with Gasteiger partial charge in [-0.15, -0.1) is 0 Å². The SMILES string of the molecule is N#CCC(=O)NC(Cc1cccc(F)c1)c1cccc(F)c1. The molecule has 2 rings (SSSR count). The monoisotopic (exact) mass is 300 g/mol. The van der Waals surface area contributed by atoms with E-state index in [4.69, 9.17) is 5.26 Å². The standard InChI is InChI=1S/C17H14F2N2O/c18-14-5-1-3-12(9-14)10-16(21-17(22)7-8-20)13-4-2-6-15(19)11-13/h1-6,9,11,16H,7,10H2,(H,21,22). The fourth-order valence-electron chi connectivity index (χ4n) is 2.19. The van der Waals surface area contributed by atoms with Gasteiger partial charge in [0, 0.05) is 0 Å². The third-order valence-corrected chi connectivity index (χ3v) is 3.15. The first-order valence-corrected chi connectivity index (χ1v) is 6.74. The van der Waals surface area contributed by atoms with Gasteiger partial charge in [-0.25, -0.2) is 8.78 Å². The van der Waals surface area contributed by atoms with Crippen LogP contribution in [0.2, 0.25) is 0 Å². The van der Waals surface area contributed by atoms with Crippen LogP contribution in [0.4, 0.5) is 8.78 Å². The first kappa shape index (κ1) is 15.6. The van der Waals surface area contributed by atoms with Crippen LogP contribution in [-0.2, 0) is 11.2 Å². The van der Waals surface area contributed by atoms with Gasteiger partial charge in [0.15, 0.2) is 0 Å². The number of nitrogens with one attached hydrogen (secondary N) is 1. The number of carbonyl (C=O) groups excluding carboxylic acids is 1. The Morgan fingerprint density at radius 3 is 2.45 bits per heavy atom. The summed E-state index contributed by atoms with van der Waals surface area (Å²) in [5, 5.41) is 11.2. The van der Waals surface area contributed by atoms with Crippen molar-refractivity contribution in [2.24, 2.45) is 0 Å². The Bertz CT molecular complexity index is 710. The van der Waals surface area contributed by atoms with Crippen molar-refractivity contribution in [3.63, 3.8) is 0 Å². The summed E-state index contributed by atoms with van der Waals surface area (Å²) in [5.41, 5.74) is 1.24. The molecule has 0 saturated carbocycles. The summed E-state index contributed by atoms with van der Waals surface area (Å²) in [5.74, 6) is -1.25. The summed E-state index contributed by atoms with van der Waals surface area (Å²) in [6.45, 7) is 0. The molecule has 2 aromatic carbocycles. The Morgan fingerprint density at radius 2 is 1.82 bits per heavy atom. The van der Waals surface area contributed by atoms with Gasteiger partial charge >= 0.3 is 0 Å². The lowest BCUT2D eigenvalue weighted by Crippen LogP contribution is -2.29. The summed E-state index contributed by atoms with van der Waals surface area (Å²) in [4.78, 5) is 11.7. The topological polar surface area (TPSA) is 52.9 Å². The molecule has 1 amide bonds. The van der Waals surface area contributed by atoms with Crippen LogP contribution in [0.25, 0.3) is 0 Å². The number of carbonyl (C=O) groups is 1. The largest absolute Gasteiger partial charge is 0.348 e. The Morgan fingerprint density at radius 1 is 1.14 bits per heavy atom. The van der Waals surface area contributed by atoms with E-state index in [1.807, 2.05) is 0 Å². The average molecular weight is 300 g/mol. The van der Waals surface area contributed by atoms with E-state index < -0.39 is 17.8 Å². The van der Waals surface area contributed by atoms with Gasteiger partial charge in [0.1, 0.15) is 18.1 Å². The van der Waals surface area contributed by atoms with Crippen molar-refractivity contribution in [1.82, 2.24) is 5.32 Å². The maximum atomic E-state index is 13.4. The van der Waals surface area contributed by atoms with Gasteiger partial charge in [0.25, 0.3) is 0 Å². The Hall–Kier alpha value is -2.74. The van der Waals surface area contributed by atoms with Crippen LogP contribution in [0.5, 0.6) is 0 Å². The fourth-order valence-corrected chi connectivity index (χ4v) is 2.19. The highest BCUT2D eigenvalue weighted by Gasteiger charge is 2.16. The zero-order chi connectivity index (χ0) is 15.9. The lowest BCUT2D eigenvalue weighted by atomic mass is 9.98. The van der Waals surface area contributed by atoms with E-state index in [0.717, 1.165) is 0 Å². The van der Waals surface area contributed by atoms with Crippen LogP contribution in [0.3, 0.4) is 0 Å². The van der Waals surface area contributed by atoms with E-state index >= 15 is 0 Å². The summed E-state index contributed by atoms with van der Waals surface area (Å²) in [6.07, 6.45) is 0.0212. The predicted molar refractivity (Wildman–Crippen MR) is 77.6 cm³/mol. The molecule has 0 saturated heterocycles. The number of benzene rings is 2. The van der Waals surface area contributed by atoms with Gasteiger partial charge in [-0.1, -0.05) is 24.3 Å². The Balaban J connectivity index is 2.25. The van der Waals surface area contributed by atoms with Gasteiger partial charge in [0.2, 0.25) is 5.91 Å². The summed E-state index contributed by atoms with van der Waals surface area (Å²) in [6, 6.07) is 13.1. The minimum absolute atomic E-state index is 0.283. The molecule has 0 radical (unpaired) electrons. The molecule has 0 aliphatic rings. The lowest BCUT2D eigenvalue weighted by Gasteiger charge is -2.19. The second-order valence-corrected chi connectivity index (χ2v) is 4.84. The second kappa shape index (κ2) is 7.32. The van der Waals surface area contributed by atoms with Gasteiger partial charge in [0.05, 0.1) is 12.1 Å². The fraction of sp³-hybridized carbons (Fsp3) is 0.176. The number of nitrogens with zero attached hydrogens (tertiary/aromatic N) is 1. The first-order valence-electron chi connectivity index (χ1n) is 6.74. The van der Waals surface area contributed by atoms with Crippen molar-refractivity contribution in [2.75, 3.05) is 0 Å². The van der Waals surface area contributed by atoms with E-state index in [1.54, 1.807) is 30.3 Å². The van der Waals surface area contributed by atoms with Crippen LogP contribution in [0.15, 0.2) is 48.5 Å². The maximum Gasteiger partial charge on any atom is 0.234 e. The van der Waals surface area contributed by atoms with E-state index in [2.05, 4.69) is 5.32 Å². The third-order valence-electron chi connectivity index (χ3n) is 3.15. The molecule has 0 aliphatic carbocycles. The van der Waals surface area contributed by atoms with Crippen molar-refractivity contribution in [1.29, 1.82) is 5.26 Å². The molecule has 0 heterocycles. The van der Waals surface area contributed by atoms with Crippen molar-refractivity contribution in [3.8, 4) is 6.07 Å². The van der Waals surface area contributed by atoms with Crippen LogP contribution in [-0.4, -0.2) is 5.91 Å². The first-order chi connectivity index (χ1) is 10.6. The molecule has 0 fully saturated rings. The van der Waals surface area contributed by atoms with E-state index in [0.29, 0.717) is 17.5 Å². The van der Waals surface area contributed by atoms with Gasteiger partial charge in [-0.2, -0.15) is 5.26 Å². The van der Waals surface area contributed by atoms with Crippen LogP contribution < -0.4 is 5.32 Å². The van der Waals surface area contributed by atoms with Crippen molar-refractivity contribution in [2.45, 2.75) is 18.9 Å². The minimum Gasteiger partial charge on any atom is -0.348 e. The van der Waals surface area contributed by atoms with Gasteiger partial charge < -0.3 is 5.32 Å². The zero-order valence-corrected chi connectivity index (χ0v) is 11.7. The normalized spacial score (nSPS) is 11.5. The minimum atomic E-state index is -0.529. The number of rotatable bonds is 5. The highest BCUT2D eigenvalue weighted by atomic mass is 19.1. The van der Waals surface area contributed by atoms with Crippen LogP contribution in [0, 0.1) is 23.0 Å². The zero-order valence-electron chi connectivity index (χ0n) is 11.7. The molecule has 5 heteroatoms. The molecule has 0 bridgehead atoms. The van der Waals surface area contributed by atoms with Gasteiger partial charge in [-0.3, -0.25) is 4.79 Å². The molecule has 3 nitrogen and oxygen atoms in total. The molecule has 2 aromatic rings. The van der Waals surface area contributed by atoms with Crippen LogP contribution in [0.1, 0.15) is 23.6 Å². The highest BCUT2D eigenvalue weighted by Crippen LogP contribution is 2.20. The summed E-state index contributed by atoms with van der Waals surface area (Å²) < 4.78 is 26.7. The number of amides is 1. The van der Waals surface area contributed by atoms with Crippen molar-refractivity contribution < 1.29 is 13.6 Å². The van der Waals surface area contributed by atoms with E-state index in [9.17, 15) is 13.6 Å². The maximum absolute atomic E-state index is 13.4. The van der Waals surface area contributed by atoms with Crippen LogP contribution >= 0.6 is 0 Å². The highest BCUT2D eigenvalue weighted by molar-refractivity contribution is 5.78. The molecular formula is C17H14F2N2O. The van der Waals surface area contributed by atoms with Crippen molar-refractivity contribution >= 4 is 5.91 Å². The van der Waals surface area contributed by atoms with E-state index in [1.165, 1.54) is 24.3 Å². The second-order valence-electron chi connectivity index (χ2n) is 4.84. The molecule has 0 spiro atoms. The summed E-state index contributed by atoms with van der Waals surface area (Å²) >= 11 is 0. The average Bonchev–Trinajstić information content (AvgIpc) is 2.47. The molecule has 0 aliphatic heterocycles. The lowest BCUT2D eigenvalue weighted by molar-refractivity contribution is -0.120. The van der Waals surface area contributed by atoms with Crippen molar-refractivity contribution in [3.05, 3.63) is 71.3 Å². The molecule has 1 unspecified atom stereocenters. The molecule has 112 valence electrons. The predicted octanol–water partition coefficient (Wildman–Crippen LogP) is 3.28. The molecule has 1 atom stereocenters. The molecular weight excluding hydrogens is 286 g/mol. The Labute approximate surface area is 127 Å². The third kappa shape index (κ3) is 4.38. The quantitative estimate of drug-likeness (QED) is 0.921. The number of halogens is 2. The molecule has 1 N–H and O–H groups in total. The van der Waals surface area contributed by atoms with E-state index in [-0.39, 0.29) is 12.2 Å². The number of hydrogen-bond donors (Lipinski definition) is 1. The number of nitriles is 1. The van der Waals surface area contributed by atoms with Gasteiger partial charge in [-0.05, 0) is 41.8 Å². The summed E-state index contributed by atoms with van der Waals surface area (Å²) in [7, 11) is 0. The molecule has 0 aromatic heterocycles. The smallest absolute Gasteiger partial charge is 0.234 e. The number of hydrogen-bond acceptors (Lipinski definition) is 2. The molecule has 22 heavy (non-hydrogen) atoms. The Kier molecular flexibility index (Phi) is 5.21.